The van der Waals surface area contributed by atoms with E-state index in [1.165, 1.54) is 16.8 Å². The number of aromatic nitrogens is 2. The van der Waals surface area contributed by atoms with Crippen molar-refractivity contribution in [1.29, 1.82) is 0 Å². The lowest BCUT2D eigenvalue weighted by Crippen LogP contribution is -2.44. The minimum absolute atomic E-state index is 0.0385. The van der Waals surface area contributed by atoms with Crippen LogP contribution in [0.15, 0.2) is 24.5 Å². The SMILES string of the molecule is CCn1cnc2c1CCN(C(C)C(=O)Nc1ccc(C)c(C)c1)C2. The lowest BCUT2D eigenvalue weighted by Gasteiger charge is -2.31. The molecule has 2 aromatic rings. The van der Waals surface area contributed by atoms with Crippen molar-refractivity contribution >= 4 is 11.6 Å². The topological polar surface area (TPSA) is 50.2 Å². The van der Waals surface area contributed by atoms with Crippen molar-refractivity contribution in [3.05, 3.63) is 47.0 Å². The minimum Gasteiger partial charge on any atom is -0.334 e. The normalized spacial score (nSPS) is 15.8. The predicted molar refractivity (Wildman–Crippen MR) is 96.0 cm³/mol. The monoisotopic (exact) mass is 326 g/mol. The zero-order chi connectivity index (χ0) is 17.3. The highest BCUT2D eigenvalue weighted by Gasteiger charge is 2.27. The summed E-state index contributed by atoms with van der Waals surface area (Å²) in [5, 5.41) is 3.04. The summed E-state index contributed by atoms with van der Waals surface area (Å²) >= 11 is 0. The fraction of sp³-hybridized carbons (Fsp3) is 0.474. The van der Waals surface area contributed by atoms with Gasteiger partial charge in [-0.3, -0.25) is 9.69 Å². The Kier molecular flexibility index (Phi) is 4.71. The Morgan fingerprint density at radius 1 is 1.33 bits per heavy atom. The van der Waals surface area contributed by atoms with Gasteiger partial charge in [0.1, 0.15) is 0 Å². The number of carbonyl (C=O) groups excluding carboxylic acids is 1. The minimum atomic E-state index is -0.175. The molecule has 3 rings (SSSR count). The molecule has 0 saturated carbocycles. The quantitative estimate of drug-likeness (QED) is 0.940. The van der Waals surface area contributed by atoms with E-state index in [4.69, 9.17) is 0 Å². The van der Waals surface area contributed by atoms with Crippen molar-refractivity contribution in [2.75, 3.05) is 11.9 Å². The van der Waals surface area contributed by atoms with Crippen LogP contribution in [0.2, 0.25) is 0 Å². The first kappa shape index (κ1) is 16.7. The number of hydrogen-bond acceptors (Lipinski definition) is 3. The Labute approximate surface area is 143 Å². The third kappa shape index (κ3) is 3.22. The Morgan fingerprint density at radius 3 is 2.83 bits per heavy atom. The summed E-state index contributed by atoms with van der Waals surface area (Å²) in [5.41, 5.74) is 5.71. The second-order valence-corrected chi connectivity index (χ2v) is 6.61. The summed E-state index contributed by atoms with van der Waals surface area (Å²) in [7, 11) is 0. The number of rotatable bonds is 4. The Bertz CT molecular complexity index is 750. The molecule has 1 aliphatic rings. The predicted octanol–water partition coefficient (Wildman–Crippen LogP) is 2.91. The summed E-state index contributed by atoms with van der Waals surface area (Å²) in [5.74, 6) is 0.0385. The average molecular weight is 326 g/mol. The van der Waals surface area contributed by atoms with Gasteiger partial charge >= 0.3 is 0 Å². The standard InChI is InChI=1S/C19H26N4O/c1-5-22-12-20-17-11-23(9-8-18(17)22)15(4)19(24)21-16-7-6-13(2)14(3)10-16/h6-7,10,12,15H,5,8-9,11H2,1-4H3,(H,21,24). The highest BCUT2D eigenvalue weighted by molar-refractivity contribution is 5.94. The average Bonchev–Trinajstić information content (AvgIpc) is 2.99. The van der Waals surface area contributed by atoms with E-state index < -0.39 is 0 Å². The van der Waals surface area contributed by atoms with Gasteiger partial charge in [0, 0.05) is 37.4 Å². The molecule has 1 amide bonds. The number of anilines is 1. The van der Waals surface area contributed by atoms with Crippen molar-refractivity contribution in [3.63, 3.8) is 0 Å². The van der Waals surface area contributed by atoms with Crippen molar-refractivity contribution in [2.24, 2.45) is 0 Å². The van der Waals surface area contributed by atoms with E-state index in [0.29, 0.717) is 0 Å². The maximum Gasteiger partial charge on any atom is 0.241 e. The van der Waals surface area contributed by atoms with E-state index in [2.05, 4.69) is 40.5 Å². The first-order valence-electron chi connectivity index (χ1n) is 8.64. The van der Waals surface area contributed by atoms with E-state index >= 15 is 0 Å². The molecular weight excluding hydrogens is 300 g/mol. The fourth-order valence-electron chi connectivity index (χ4n) is 3.23. The molecule has 0 spiro atoms. The second kappa shape index (κ2) is 6.77. The van der Waals surface area contributed by atoms with Crippen LogP contribution in [-0.2, 0) is 24.3 Å². The summed E-state index contributed by atoms with van der Waals surface area (Å²) in [6.45, 7) is 10.8. The lowest BCUT2D eigenvalue weighted by molar-refractivity contribution is -0.121. The molecule has 24 heavy (non-hydrogen) atoms. The number of benzene rings is 1. The van der Waals surface area contributed by atoms with Crippen LogP contribution in [0, 0.1) is 13.8 Å². The molecule has 0 radical (unpaired) electrons. The first-order valence-corrected chi connectivity index (χ1v) is 8.64. The molecule has 128 valence electrons. The summed E-state index contributed by atoms with van der Waals surface area (Å²) in [4.78, 5) is 19.3. The third-order valence-electron chi connectivity index (χ3n) is 5.06. The van der Waals surface area contributed by atoms with Gasteiger partial charge in [0.2, 0.25) is 5.91 Å². The second-order valence-electron chi connectivity index (χ2n) is 6.61. The molecule has 5 heteroatoms. The van der Waals surface area contributed by atoms with Gasteiger partial charge in [-0.25, -0.2) is 4.98 Å². The van der Waals surface area contributed by atoms with Crippen LogP contribution in [0.25, 0.3) is 0 Å². The van der Waals surface area contributed by atoms with Crippen molar-refractivity contribution in [1.82, 2.24) is 14.5 Å². The highest BCUT2D eigenvalue weighted by Crippen LogP contribution is 2.21. The molecule has 0 fully saturated rings. The van der Waals surface area contributed by atoms with Crippen molar-refractivity contribution in [3.8, 4) is 0 Å². The van der Waals surface area contributed by atoms with Crippen LogP contribution in [0.5, 0.6) is 0 Å². The molecule has 1 unspecified atom stereocenters. The Morgan fingerprint density at radius 2 is 2.12 bits per heavy atom. The summed E-state index contributed by atoms with van der Waals surface area (Å²) in [6, 6.07) is 5.85. The van der Waals surface area contributed by atoms with E-state index in [1.54, 1.807) is 0 Å². The van der Waals surface area contributed by atoms with Gasteiger partial charge < -0.3 is 9.88 Å². The number of nitrogens with one attached hydrogen (secondary N) is 1. The van der Waals surface area contributed by atoms with Gasteiger partial charge in [-0.2, -0.15) is 0 Å². The van der Waals surface area contributed by atoms with Crippen molar-refractivity contribution < 1.29 is 4.79 Å². The van der Waals surface area contributed by atoms with Gasteiger partial charge in [0.25, 0.3) is 0 Å². The van der Waals surface area contributed by atoms with Gasteiger partial charge in [0.15, 0.2) is 0 Å². The number of imidazole rings is 1. The largest absolute Gasteiger partial charge is 0.334 e. The van der Waals surface area contributed by atoms with Crippen LogP contribution in [-0.4, -0.2) is 32.9 Å². The third-order valence-corrected chi connectivity index (χ3v) is 5.06. The molecular formula is C19H26N4O. The zero-order valence-corrected chi connectivity index (χ0v) is 15.0. The molecule has 0 bridgehead atoms. The smallest absolute Gasteiger partial charge is 0.241 e. The number of carbonyl (C=O) groups is 1. The van der Waals surface area contributed by atoms with Crippen LogP contribution in [0.4, 0.5) is 5.69 Å². The van der Waals surface area contributed by atoms with Gasteiger partial charge in [-0.05, 0) is 51.0 Å². The van der Waals surface area contributed by atoms with Gasteiger partial charge in [-0.15, -0.1) is 0 Å². The van der Waals surface area contributed by atoms with Crippen LogP contribution in [0.1, 0.15) is 36.4 Å². The van der Waals surface area contributed by atoms with Crippen molar-refractivity contribution in [2.45, 2.75) is 53.2 Å². The van der Waals surface area contributed by atoms with E-state index in [-0.39, 0.29) is 11.9 Å². The van der Waals surface area contributed by atoms with Crippen LogP contribution in [0.3, 0.4) is 0 Å². The molecule has 1 atom stereocenters. The molecule has 1 aliphatic heterocycles. The van der Waals surface area contributed by atoms with E-state index in [1.807, 2.05) is 31.5 Å². The molecule has 5 nitrogen and oxygen atoms in total. The number of aryl methyl sites for hydroxylation is 3. The Balaban J connectivity index is 1.66. The zero-order valence-electron chi connectivity index (χ0n) is 15.0. The fourth-order valence-corrected chi connectivity index (χ4v) is 3.23. The number of fused-ring (bicyclic) bond motifs is 1. The van der Waals surface area contributed by atoms with E-state index in [0.717, 1.165) is 37.4 Å². The molecule has 1 aromatic carbocycles. The maximum absolute atomic E-state index is 12.6. The summed E-state index contributed by atoms with van der Waals surface area (Å²) < 4.78 is 2.20. The maximum atomic E-state index is 12.6. The van der Waals surface area contributed by atoms with Crippen LogP contribution < -0.4 is 5.32 Å². The Hall–Kier alpha value is -2.14. The highest BCUT2D eigenvalue weighted by atomic mass is 16.2. The molecule has 1 N–H and O–H groups in total. The van der Waals surface area contributed by atoms with Gasteiger partial charge in [0.05, 0.1) is 18.1 Å². The lowest BCUT2D eigenvalue weighted by atomic mass is 10.1. The van der Waals surface area contributed by atoms with E-state index in [9.17, 15) is 4.79 Å². The molecule has 2 heterocycles. The van der Waals surface area contributed by atoms with Gasteiger partial charge in [-0.1, -0.05) is 6.07 Å². The molecule has 1 aromatic heterocycles. The number of hydrogen-bond donors (Lipinski definition) is 1. The molecule has 0 saturated heterocycles. The number of nitrogens with zero attached hydrogens (tertiary/aromatic N) is 3. The number of amides is 1. The van der Waals surface area contributed by atoms with Crippen LogP contribution >= 0.6 is 0 Å². The first-order chi connectivity index (χ1) is 11.5. The summed E-state index contributed by atoms with van der Waals surface area (Å²) in [6.07, 6.45) is 2.86. The molecule has 0 aliphatic carbocycles.